The molecular weight excluding hydrogens is 605 g/mol. The summed E-state index contributed by atoms with van der Waals surface area (Å²) in [6.07, 6.45) is -5.13. The topological polar surface area (TPSA) is 158 Å². The van der Waals surface area contributed by atoms with Crippen LogP contribution in [0.3, 0.4) is 0 Å². The Hall–Kier alpha value is -4.09. The number of aromatic nitrogens is 7. The summed E-state index contributed by atoms with van der Waals surface area (Å²) in [6, 6.07) is 9.00. The molecule has 222 valence electrons. The van der Waals surface area contributed by atoms with Gasteiger partial charge in [-0.2, -0.15) is 13.2 Å². The van der Waals surface area contributed by atoms with E-state index in [1.807, 2.05) is 0 Å². The van der Waals surface area contributed by atoms with Gasteiger partial charge in [0.2, 0.25) is 0 Å². The lowest BCUT2D eigenvalue weighted by molar-refractivity contribution is -0.207. The number of halogens is 4. The summed E-state index contributed by atoms with van der Waals surface area (Å²) in [5.74, 6) is -0.916. The lowest BCUT2D eigenvalue weighted by Gasteiger charge is -2.26. The van der Waals surface area contributed by atoms with Gasteiger partial charge in [-0.3, -0.25) is 9.36 Å². The fraction of sp³-hybridized carbons (Fsp3) is 0.333. The second-order valence-corrected chi connectivity index (χ2v) is 12.1. The largest absolute Gasteiger partial charge is 0.416 e. The number of nitrogens with zero attached hydrogens (tertiary/aromatic N) is 8. The van der Waals surface area contributed by atoms with E-state index in [4.69, 9.17) is 11.6 Å². The Bertz CT molecular complexity index is 1770. The van der Waals surface area contributed by atoms with Gasteiger partial charge in [-0.05, 0) is 36.4 Å². The van der Waals surface area contributed by atoms with Crippen LogP contribution in [-0.2, 0) is 22.9 Å². The van der Waals surface area contributed by atoms with Crippen LogP contribution in [-0.4, -0.2) is 95.3 Å². The molecule has 18 heteroatoms. The van der Waals surface area contributed by atoms with Crippen molar-refractivity contribution >= 4 is 27.3 Å². The molecule has 4 aromatic rings. The SMILES string of the molecule is O=C(c1ncccc1-n1cnc(Cn2nc(-c3ccc(Cl)cc3)n(CC(O)C(F)(F)F)c2=O)n1)N1CCS(=O)(=O)CC1. The van der Waals surface area contributed by atoms with Crippen LogP contribution in [0.15, 0.2) is 53.7 Å². The van der Waals surface area contributed by atoms with E-state index in [9.17, 15) is 36.3 Å². The van der Waals surface area contributed by atoms with Crippen LogP contribution in [0.5, 0.6) is 0 Å². The molecule has 42 heavy (non-hydrogen) atoms. The maximum Gasteiger partial charge on any atom is 0.416 e. The molecule has 5 rings (SSSR count). The van der Waals surface area contributed by atoms with Gasteiger partial charge < -0.3 is 10.0 Å². The molecule has 1 fully saturated rings. The van der Waals surface area contributed by atoms with E-state index >= 15 is 0 Å². The third-order valence-corrected chi connectivity index (χ3v) is 8.32. The predicted octanol–water partition coefficient (Wildman–Crippen LogP) is 1.18. The predicted molar refractivity (Wildman–Crippen MR) is 142 cm³/mol. The molecule has 3 aromatic heterocycles. The number of hydrogen-bond donors (Lipinski definition) is 1. The molecule has 1 atom stereocenters. The molecule has 1 aliphatic rings. The van der Waals surface area contributed by atoms with E-state index in [2.05, 4.69) is 20.2 Å². The Morgan fingerprint density at radius 2 is 1.76 bits per heavy atom. The first-order valence-corrected chi connectivity index (χ1v) is 14.6. The fourth-order valence-corrected chi connectivity index (χ4v) is 5.56. The number of rotatable bonds is 7. The standard InChI is InChI=1S/C24H22ClF3N8O5S/c25-16-5-3-15(4-6-16)21-32-35(23(39)34(21)12-18(37)24(26,27)28)13-19-30-14-36(31-19)17-2-1-7-29-20(17)22(38)33-8-10-42(40,41)11-9-33/h1-7,14,18,37H,8-13H2. The van der Waals surface area contributed by atoms with Crippen molar-refractivity contribution in [2.75, 3.05) is 24.6 Å². The minimum Gasteiger partial charge on any atom is -0.382 e. The highest BCUT2D eigenvalue weighted by Crippen LogP contribution is 2.24. The van der Waals surface area contributed by atoms with E-state index in [0.717, 1.165) is 4.68 Å². The van der Waals surface area contributed by atoms with E-state index in [-0.39, 0.29) is 59.7 Å². The summed E-state index contributed by atoms with van der Waals surface area (Å²) in [6.45, 7) is -1.41. The maximum atomic E-state index is 13.1. The molecule has 1 unspecified atom stereocenters. The highest BCUT2D eigenvalue weighted by molar-refractivity contribution is 7.91. The highest BCUT2D eigenvalue weighted by Gasteiger charge is 2.39. The molecule has 1 amide bonds. The summed E-state index contributed by atoms with van der Waals surface area (Å²) in [5.41, 5.74) is -0.424. The van der Waals surface area contributed by atoms with E-state index < -0.39 is 40.3 Å². The lowest BCUT2D eigenvalue weighted by Crippen LogP contribution is -2.44. The number of aliphatic hydroxyl groups excluding tert-OH is 1. The van der Waals surface area contributed by atoms with Crippen LogP contribution in [0.4, 0.5) is 13.2 Å². The molecule has 1 N–H and O–H groups in total. The smallest absolute Gasteiger partial charge is 0.382 e. The second kappa shape index (κ2) is 11.3. The average Bonchev–Trinajstić information content (AvgIpc) is 3.53. The number of carbonyl (C=O) groups is 1. The number of alkyl halides is 3. The number of benzene rings is 1. The number of carbonyl (C=O) groups excluding carboxylic acids is 1. The first kappa shape index (κ1) is 29.4. The summed E-state index contributed by atoms with van der Waals surface area (Å²) < 4.78 is 65.7. The number of aliphatic hydroxyl groups is 1. The molecule has 0 aliphatic carbocycles. The van der Waals surface area contributed by atoms with E-state index in [1.54, 1.807) is 12.1 Å². The molecule has 4 heterocycles. The summed E-state index contributed by atoms with van der Waals surface area (Å²) in [4.78, 5) is 36.0. The van der Waals surface area contributed by atoms with Crippen molar-refractivity contribution in [3.05, 3.63) is 75.9 Å². The summed E-state index contributed by atoms with van der Waals surface area (Å²) >= 11 is 5.91. The Labute approximate surface area is 240 Å². The zero-order chi connectivity index (χ0) is 30.2. The third-order valence-electron chi connectivity index (χ3n) is 6.46. The van der Waals surface area contributed by atoms with Gasteiger partial charge >= 0.3 is 11.9 Å². The normalized spacial score (nSPS) is 16.0. The number of sulfone groups is 1. The minimum atomic E-state index is -4.97. The average molecular weight is 627 g/mol. The Morgan fingerprint density at radius 3 is 2.43 bits per heavy atom. The molecule has 1 saturated heterocycles. The van der Waals surface area contributed by atoms with Crippen molar-refractivity contribution in [3.63, 3.8) is 0 Å². The van der Waals surface area contributed by atoms with Crippen LogP contribution >= 0.6 is 11.6 Å². The Balaban J connectivity index is 1.44. The molecule has 1 aliphatic heterocycles. The molecule has 1 aromatic carbocycles. The number of amides is 1. The number of pyridine rings is 1. The summed E-state index contributed by atoms with van der Waals surface area (Å²) in [5, 5.41) is 18.5. The van der Waals surface area contributed by atoms with Crippen LogP contribution in [0.1, 0.15) is 16.3 Å². The third kappa shape index (κ3) is 6.22. The highest BCUT2D eigenvalue weighted by atomic mass is 35.5. The van der Waals surface area contributed by atoms with Gasteiger partial charge in [0.05, 0.1) is 23.7 Å². The maximum absolute atomic E-state index is 13.1. The quantitative estimate of drug-likeness (QED) is 0.318. The van der Waals surface area contributed by atoms with E-state index in [1.165, 1.54) is 46.4 Å². The van der Waals surface area contributed by atoms with Crippen LogP contribution in [0.25, 0.3) is 17.1 Å². The van der Waals surface area contributed by atoms with Gasteiger partial charge in [0.25, 0.3) is 5.91 Å². The molecule has 0 spiro atoms. The van der Waals surface area contributed by atoms with Crippen molar-refractivity contribution in [2.24, 2.45) is 0 Å². The lowest BCUT2D eigenvalue weighted by atomic mass is 10.2. The van der Waals surface area contributed by atoms with E-state index in [0.29, 0.717) is 9.59 Å². The minimum absolute atomic E-state index is 0.000792. The van der Waals surface area contributed by atoms with Crippen LogP contribution in [0.2, 0.25) is 5.02 Å². The fourth-order valence-electron chi connectivity index (χ4n) is 4.23. The first-order valence-electron chi connectivity index (χ1n) is 12.4. The zero-order valence-electron chi connectivity index (χ0n) is 21.5. The number of hydrogen-bond acceptors (Lipinski definition) is 9. The van der Waals surface area contributed by atoms with Crippen molar-refractivity contribution < 1.29 is 31.5 Å². The Kier molecular flexibility index (Phi) is 7.91. The first-order chi connectivity index (χ1) is 19.8. The van der Waals surface area contributed by atoms with Crippen molar-refractivity contribution in [1.82, 2.24) is 39.0 Å². The van der Waals surface area contributed by atoms with Gasteiger partial charge in [-0.15, -0.1) is 10.2 Å². The van der Waals surface area contributed by atoms with Gasteiger partial charge in [-0.1, -0.05) is 11.6 Å². The Morgan fingerprint density at radius 1 is 1.07 bits per heavy atom. The van der Waals surface area contributed by atoms with Crippen LogP contribution in [0, 0.1) is 0 Å². The van der Waals surface area contributed by atoms with Gasteiger partial charge in [0, 0.05) is 29.9 Å². The summed E-state index contributed by atoms with van der Waals surface area (Å²) in [7, 11) is -3.21. The molecule has 0 bridgehead atoms. The van der Waals surface area contributed by atoms with Gasteiger partial charge in [0.15, 0.2) is 33.3 Å². The van der Waals surface area contributed by atoms with Crippen LogP contribution < -0.4 is 5.69 Å². The van der Waals surface area contributed by atoms with Crippen molar-refractivity contribution in [1.29, 1.82) is 0 Å². The monoisotopic (exact) mass is 626 g/mol. The zero-order valence-corrected chi connectivity index (χ0v) is 23.1. The molecular formula is C24H22ClF3N8O5S. The van der Waals surface area contributed by atoms with Gasteiger partial charge in [0.1, 0.15) is 12.9 Å². The van der Waals surface area contributed by atoms with Gasteiger partial charge in [-0.25, -0.2) is 32.5 Å². The molecule has 0 saturated carbocycles. The molecule has 13 nitrogen and oxygen atoms in total. The van der Waals surface area contributed by atoms with Crippen molar-refractivity contribution in [2.45, 2.75) is 25.4 Å². The second-order valence-electron chi connectivity index (χ2n) is 9.36. The molecule has 0 radical (unpaired) electrons. The van der Waals surface area contributed by atoms with Crippen molar-refractivity contribution in [3.8, 4) is 17.1 Å².